The van der Waals surface area contributed by atoms with Gasteiger partial charge in [0.05, 0.1) is 39.6 Å². The number of hydrogen-bond donors (Lipinski definition) is 0. The normalized spacial score (nSPS) is 28.5. The second-order valence-electron chi connectivity index (χ2n) is 38.1. The van der Waals surface area contributed by atoms with Crippen molar-refractivity contribution in [3.63, 3.8) is 0 Å². The molecule has 14 aliphatic carbocycles. The molecule has 12 heteroatoms. The van der Waals surface area contributed by atoms with Crippen LogP contribution in [0, 0.1) is 107 Å². The van der Waals surface area contributed by atoms with E-state index >= 15 is 0 Å². The van der Waals surface area contributed by atoms with Crippen LogP contribution in [0.15, 0.2) is 170 Å². The van der Waals surface area contributed by atoms with Gasteiger partial charge in [0.25, 0.3) is 0 Å². The second-order valence-corrected chi connectivity index (χ2v) is 38.1. The van der Waals surface area contributed by atoms with Crippen molar-refractivity contribution in [1.82, 2.24) is 0 Å². The minimum atomic E-state index is 0.261. The lowest BCUT2D eigenvalue weighted by Gasteiger charge is -2.23. The highest BCUT2D eigenvalue weighted by Crippen LogP contribution is 2.62. The maximum Gasteiger partial charge on any atom is 0.127 e. The van der Waals surface area contributed by atoms with E-state index in [1.165, 1.54) is 117 Å². The van der Waals surface area contributed by atoms with Gasteiger partial charge in [-0.2, -0.15) is 0 Å². The van der Waals surface area contributed by atoms with Gasteiger partial charge in [-0.3, -0.25) is 0 Å². The molecule has 0 N–H and O–H groups in total. The standard InChI is InChI=1S/C16H16O4.C13H12O2.4C10H16.3C9H10O2.C7H12.16C2H6/c1-3-13-14(15(5-1)19-9-11-7-17-11)4-2-6-16(13)20-10-12-8-18-12;1-2-6-12-10(4-1)5-3-7-13(12)15-9-11-8-14-11;4*1-2-9-7-4-5-8(6-7)10(9)3-1;3*1-2-4-8(5-3-1)10-6-9-7-11-9;1-2-7-4-3-6(1)5-7;16*1-2/h1-6,11-12H,7-10H2;1-7,11H,8-9H2;4*7-10H,1-6H2;3*1-5,9H,6-7H2;6-7H,1-5H2;16*1-2H3. The van der Waals surface area contributed by atoms with Gasteiger partial charge in [0.2, 0.25) is 0 Å². The van der Waals surface area contributed by atoms with Crippen LogP contribution < -0.4 is 28.4 Å². The fraction of sp³-hybridized carbons (Fsp3) is 0.719. The lowest BCUT2D eigenvalue weighted by molar-refractivity contribution is 0.259. The molecular formula is C135H230O12. The summed E-state index contributed by atoms with van der Waals surface area (Å²) in [6.45, 7) is 72.9. The van der Waals surface area contributed by atoms with E-state index in [-0.39, 0.29) is 12.2 Å². The van der Waals surface area contributed by atoms with Gasteiger partial charge in [0.1, 0.15) is 111 Å². The molecular weight excluding hydrogens is 1810 g/mol. The van der Waals surface area contributed by atoms with Gasteiger partial charge in [0, 0.05) is 16.2 Å². The maximum atomic E-state index is 5.83. The van der Waals surface area contributed by atoms with Crippen molar-refractivity contribution in [2.75, 3.05) is 79.3 Å². The average Bonchev–Trinajstić information content (AvgIpc) is 1.63. The van der Waals surface area contributed by atoms with Crippen molar-refractivity contribution >= 4 is 21.5 Å². The molecule has 842 valence electrons. The van der Waals surface area contributed by atoms with Crippen LogP contribution in [0.5, 0.6) is 34.5 Å². The molecule has 147 heavy (non-hydrogen) atoms. The first kappa shape index (κ1) is 137. The number of benzene rings is 7. The van der Waals surface area contributed by atoms with Crippen LogP contribution in [0.25, 0.3) is 21.5 Å². The summed E-state index contributed by atoms with van der Waals surface area (Å²) in [6, 6.07) is 55.8. The molecule has 7 aromatic rings. The van der Waals surface area contributed by atoms with E-state index in [1.807, 2.05) is 361 Å². The predicted molar refractivity (Wildman–Crippen MR) is 637 cm³/mol. The molecule has 22 unspecified atom stereocenters. The largest absolute Gasteiger partial charge is 0.491 e. The van der Waals surface area contributed by atoms with Crippen LogP contribution in [-0.4, -0.2) is 116 Å². The van der Waals surface area contributed by atoms with E-state index < -0.39 is 0 Å². The molecule has 20 aliphatic rings. The van der Waals surface area contributed by atoms with Crippen LogP contribution in [-0.2, 0) is 28.4 Å². The molecule has 7 aromatic carbocycles. The van der Waals surface area contributed by atoms with E-state index in [4.69, 9.17) is 56.8 Å². The highest BCUT2D eigenvalue weighted by Gasteiger charge is 2.52. The first-order valence-corrected chi connectivity index (χ1v) is 62.5. The van der Waals surface area contributed by atoms with E-state index in [9.17, 15) is 0 Å². The van der Waals surface area contributed by atoms with Crippen LogP contribution >= 0.6 is 0 Å². The van der Waals surface area contributed by atoms with Gasteiger partial charge in [-0.1, -0.05) is 388 Å². The van der Waals surface area contributed by atoms with Gasteiger partial charge in [-0.15, -0.1) is 0 Å². The number of epoxide rings is 6. The van der Waals surface area contributed by atoms with Crippen LogP contribution in [0.2, 0.25) is 0 Å². The third kappa shape index (κ3) is 48.9. The molecule has 0 radical (unpaired) electrons. The highest BCUT2D eigenvalue weighted by atomic mass is 16.6. The number of rotatable bonds is 18. The Hall–Kier alpha value is -6.38. The number of fused-ring (bicyclic) bond motifs is 24. The topological polar surface area (TPSA) is 131 Å². The summed E-state index contributed by atoms with van der Waals surface area (Å²) in [4.78, 5) is 0. The number of para-hydroxylation sites is 3. The molecule has 20 fully saturated rings. The number of hydrogen-bond acceptors (Lipinski definition) is 12. The Balaban J connectivity index is 0.000000539. The molecule has 0 amide bonds. The van der Waals surface area contributed by atoms with E-state index in [0.29, 0.717) is 64.1 Å². The first-order chi connectivity index (χ1) is 72.9. The van der Waals surface area contributed by atoms with Crippen LogP contribution in [0.3, 0.4) is 0 Å². The van der Waals surface area contributed by atoms with Gasteiger partial charge in [-0.25, -0.2) is 0 Å². The Morgan fingerprint density at radius 3 is 0.558 bits per heavy atom. The molecule has 10 bridgehead atoms. The van der Waals surface area contributed by atoms with Gasteiger partial charge in [-0.05, 0) is 301 Å². The highest BCUT2D eigenvalue weighted by molar-refractivity contribution is 5.93. The molecule has 6 aliphatic heterocycles. The van der Waals surface area contributed by atoms with Crippen molar-refractivity contribution < 1.29 is 56.8 Å². The zero-order chi connectivity index (χ0) is 109. The van der Waals surface area contributed by atoms with E-state index in [2.05, 4.69) is 30.3 Å². The van der Waals surface area contributed by atoms with Crippen molar-refractivity contribution in [3.05, 3.63) is 170 Å². The third-order valence-corrected chi connectivity index (χ3v) is 30.8. The summed E-state index contributed by atoms with van der Waals surface area (Å²) in [5, 5.41) is 4.53. The summed E-state index contributed by atoms with van der Waals surface area (Å²) in [6.07, 6.45) is 47.8. The second kappa shape index (κ2) is 86.0. The Bertz CT molecular complexity index is 3670. The molecule has 27 rings (SSSR count). The molecule has 6 saturated heterocycles. The van der Waals surface area contributed by atoms with Gasteiger partial charge < -0.3 is 56.8 Å². The first-order valence-electron chi connectivity index (χ1n) is 62.5. The summed E-state index contributed by atoms with van der Waals surface area (Å²) in [5.74, 6) is 27.0. The maximum absolute atomic E-state index is 5.83. The van der Waals surface area contributed by atoms with Gasteiger partial charge >= 0.3 is 0 Å². The lowest BCUT2D eigenvalue weighted by atomic mass is 9.82. The van der Waals surface area contributed by atoms with Crippen molar-refractivity contribution in [2.45, 2.75) is 444 Å². The quantitative estimate of drug-likeness (QED) is 0.0758. The van der Waals surface area contributed by atoms with E-state index in [0.717, 1.165) is 84.9 Å². The van der Waals surface area contributed by atoms with Crippen LogP contribution in [0.4, 0.5) is 0 Å². The SMILES string of the molecule is C1CC2C3CCC(C3)C2C1.C1CC2C3CCC(C3)C2C1.C1CC2C3CCC(C3)C2C1.C1CC2C3CCC(C3)C2C1.C1CC2CCC1C2.CC.CC.CC.CC.CC.CC.CC.CC.CC.CC.CC.CC.CC.CC.CC.CC.c1cc(OCC2CO2)c2cccc(OCC3CO3)c2c1.c1ccc(OCC2CO2)cc1.c1ccc(OCC2CO2)cc1.c1ccc(OCC2CO2)cc1.c1ccc2c(OCC3CO3)cccc2c1. The smallest absolute Gasteiger partial charge is 0.127 e. The fourth-order valence-corrected chi connectivity index (χ4v) is 24.7. The Kier molecular flexibility index (Phi) is 80.0. The third-order valence-electron chi connectivity index (χ3n) is 30.8. The molecule has 12 nitrogen and oxygen atoms in total. The summed E-state index contributed by atoms with van der Waals surface area (Å²) < 4.78 is 64.1. The molecule has 22 atom stereocenters. The van der Waals surface area contributed by atoms with E-state index in [1.54, 1.807) is 186 Å². The lowest BCUT2D eigenvalue weighted by Crippen LogP contribution is -2.15. The molecule has 0 spiro atoms. The Labute approximate surface area is 907 Å². The molecule has 0 aromatic heterocycles. The zero-order valence-corrected chi connectivity index (χ0v) is 101. The fourth-order valence-electron chi connectivity index (χ4n) is 24.7. The Morgan fingerprint density at radius 1 is 0.177 bits per heavy atom. The van der Waals surface area contributed by atoms with Crippen molar-refractivity contribution in [2.24, 2.45) is 107 Å². The minimum absolute atomic E-state index is 0.261. The van der Waals surface area contributed by atoms with Crippen molar-refractivity contribution in [1.29, 1.82) is 0 Å². The molecule has 14 saturated carbocycles. The number of ether oxygens (including phenoxy) is 12. The summed E-state index contributed by atoms with van der Waals surface area (Å²) in [5.41, 5.74) is 0. The average molecular weight is 2050 g/mol. The molecule has 6 heterocycles. The minimum Gasteiger partial charge on any atom is -0.491 e. The van der Waals surface area contributed by atoms with Gasteiger partial charge in [0.15, 0.2) is 0 Å². The summed E-state index contributed by atoms with van der Waals surface area (Å²) in [7, 11) is 0. The van der Waals surface area contributed by atoms with Crippen molar-refractivity contribution in [3.8, 4) is 34.5 Å². The zero-order valence-electron chi connectivity index (χ0n) is 101. The summed E-state index contributed by atoms with van der Waals surface area (Å²) >= 11 is 0. The predicted octanol–water partition coefficient (Wildman–Crippen LogP) is 39.4. The van der Waals surface area contributed by atoms with Crippen LogP contribution in [0.1, 0.15) is 408 Å². The monoisotopic (exact) mass is 2040 g/mol. The Morgan fingerprint density at radius 2 is 0.354 bits per heavy atom.